The second-order valence-electron chi connectivity index (χ2n) is 24.2. The first-order valence-electron chi connectivity index (χ1n) is 28.4. The minimum Gasteiger partial charge on any atom is -0.0894 e. The van der Waals surface area contributed by atoms with Crippen molar-refractivity contribution in [2.75, 3.05) is 0 Å². The Morgan fingerprint density at radius 1 is 0.470 bits per heavy atom. The monoisotopic (exact) mass is 1270 g/mol. The number of nitrogens with zero attached hydrogens (tertiary/aromatic N) is 4. The molecule has 13 aromatic rings. The van der Waals surface area contributed by atoms with Crippen LogP contribution in [-0.4, -0.2) is 18.7 Å². The number of hydrogen-bond acceptors (Lipinski definition) is 3. The summed E-state index contributed by atoms with van der Waals surface area (Å²) in [5.41, 5.74) is 21.5. The standard InChI is InChI=1S/C76H58N4OS.Pt/c1-48-37-38-77-72(39-48)80-68-44-55(35-36-59(68)61-45-60-58-25-11-12-28-62(58)76(65(60)46-69(61)80)63-29-13-17-33-70(63)82-71-34-18-14-30-64(71)76)81-54-24-19-23-53(43-54)78-47-79(67-32-16-15-31-66(67)78)73-56(49-21-9-8-10-22-49)26-20-27-57(73)50-40-51(74(2,3)4)42-52(41-50)75(5,6)7;/h8-42,45-46H,1-7H3;/q-2;. The smallest absolute Gasteiger partial charge is 0.0894 e. The molecule has 7 heteroatoms. The van der Waals surface area contributed by atoms with Gasteiger partial charge < -0.3 is 0 Å². The van der Waals surface area contributed by atoms with Crippen LogP contribution in [0.25, 0.3) is 83.4 Å². The summed E-state index contributed by atoms with van der Waals surface area (Å²) in [5.74, 6) is 1.99. The van der Waals surface area contributed by atoms with Gasteiger partial charge in [0.05, 0.1) is 5.41 Å². The number of imidazole rings is 1. The zero-order valence-electron chi connectivity index (χ0n) is 47.3. The van der Waals surface area contributed by atoms with Gasteiger partial charge >= 0.3 is 346 Å². The van der Waals surface area contributed by atoms with Gasteiger partial charge in [0.25, 0.3) is 0 Å². The van der Waals surface area contributed by atoms with Crippen molar-refractivity contribution in [2.24, 2.45) is 0 Å². The Balaban J connectivity index is 0.891. The van der Waals surface area contributed by atoms with Crippen LogP contribution in [-0.2, 0) is 35.6 Å². The predicted octanol–water partition coefficient (Wildman–Crippen LogP) is 19.4. The molecule has 5 nitrogen and oxygen atoms in total. The Morgan fingerprint density at radius 2 is 1.07 bits per heavy atom. The summed E-state index contributed by atoms with van der Waals surface area (Å²) in [4.78, 5) is 7.62. The summed E-state index contributed by atoms with van der Waals surface area (Å²) in [6.45, 7) is 16.0. The number of aromatic nitrogens is 4. The molecule has 3 aromatic heterocycles. The average Bonchev–Trinajstić information content (AvgIpc) is 1.68. The Morgan fingerprint density at radius 3 is 1.77 bits per heavy atom. The molecule has 0 atom stereocenters. The van der Waals surface area contributed by atoms with Crippen molar-refractivity contribution in [3.05, 3.63) is 279 Å². The molecule has 0 unspecified atom stereocenters. The molecule has 0 saturated heterocycles. The molecule has 15 rings (SSSR count). The number of aryl methyl sites for hydroxylation is 1. The molecule has 1 aliphatic heterocycles. The molecule has 0 bridgehead atoms. The van der Waals surface area contributed by atoms with E-state index in [9.17, 15) is 0 Å². The van der Waals surface area contributed by atoms with E-state index in [4.69, 9.17) is 9.72 Å². The number of rotatable bonds is 7. The van der Waals surface area contributed by atoms with Crippen molar-refractivity contribution in [1.29, 1.82) is 0 Å². The van der Waals surface area contributed by atoms with Crippen molar-refractivity contribution in [3.8, 4) is 62.1 Å². The van der Waals surface area contributed by atoms with E-state index in [2.05, 4.69) is 306 Å². The Labute approximate surface area is 500 Å². The van der Waals surface area contributed by atoms with Gasteiger partial charge in [-0.1, -0.05) is 72.4 Å². The molecule has 10 aromatic carbocycles. The predicted molar refractivity (Wildman–Crippen MR) is 337 cm³/mol. The molecule has 406 valence electrons. The van der Waals surface area contributed by atoms with Crippen LogP contribution >= 0.6 is 11.8 Å². The van der Waals surface area contributed by atoms with Crippen LogP contribution in [0.15, 0.2) is 234 Å². The third-order valence-corrected chi connectivity index (χ3v) is 19.2. The number of hydrogen-bond donors (Lipinski definition) is 0. The molecule has 0 fully saturated rings. The van der Waals surface area contributed by atoms with E-state index in [1.54, 1.807) is 0 Å². The van der Waals surface area contributed by atoms with Gasteiger partial charge in [0, 0.05) is 16.0 Å². The SMILES string of the molecule is Cc1ccnc(-n2c3[c-]c(Oc4[c-]c(-n5[c](=[Pt])n(-c6c(-c7ccccc7)cccc6-c6cc(C(C)(C)C)cc(C(C)(C)C)c6)c6ccccc65)ccc4)ccc3c3cc4c(cc32)C2(c3ccccc3Sc3ccccc32)c2ccccc2-4)c1. The van der Waals surface area contributed by atoms with Crippen LogP contribution in [0.2, 0.25) is 0 Å². The first kappa shape index (κ1) is 51.3. The molecule has 1 aliphatic carbocycles. The number of benzene rings is 10. The first-order valence-corrected chi connectivity index (χ1v) is 30.4. The van der Waals surface area contributed by atoms with Gasteiger partial charge in [-0.15, -0.1) is 0 Å². The second kappa shape index (κ2) is 19.3. The first-order chi connectivity index (χ1) is 40.2. The average molecular weight is 1270 g/mol. The van der Waals surface area contributed by atoms with Gasteiger partial charge in [0.1, 0.15) is 0 Å². The number of pyridine rings is 1. The number of fused-ring (bicyclic) bond motifs is 13. The number of para-hydroxylation sites is 3. The maximum atomic E-state index is 6.96. The van der Waals surface area contributed by atoms with Crippen LogP contribution in [0.3, 0.4) is 0 Å². The Bertz CT molecular complexity index is 4800. The summed E-state index contributed by atoms with van der Waals surface area (Å²) in [5, 5.41) is 2.20. The third kappa shape index (κ3) is 8.16. The van der Waals surface area contributed by atoms with E-state index in [0.29, 0.717) is 11.5 Å². The molecular weight excluding hydrogens is 1210 g/mol. The van der Waals surface area contributed by atoms with Crippen LogP contribution in [0.4, 0.5) is 0 Å². The third-order valence-electron chi connectivity index (χ3n) is 17.0. The molecule has 1 spiro atoms. The molecule has 0 saturated carbocycles. The van der Waals surface area contributed by atoms with Gasteiger partial charge in [-0.3, -0.25) is 0 Å². The molecular formula is C76H58N4OPtS-2. The molecule has 4 heterocycles. The topological polar surface area (TPSA) is 36.9 Å². The summed E-state index contributed by atoms with van der Waals surface area (Å²) in [7, 11) is 0. The van der Waals surface area contributed by atoms with E-state index in [0.717, 1.165) is 76.1 Å². The Hall–Kier alpha value is -8.54. The van der Waals surface area contributed by atoms with E-state index >= 15 is 0 Å². The second-order valence-corrected chi connectivity index (χ2v) is 26.3. The van der Waals surface area contributed by atoms with Gasteiger partial charge in [-0.2, -0.15) is 0 Å². The van der Waals surface area contributed by atoms with Crippen molar-refractivity contribution >= 4 is 44.6 Å². The molecule has 0 radical (unpaired) electrons. The van der Waals surface area contributed by atoms with Crippen molar-refractivity contribution in [3.63, 3.8) is 0 Å². The fraction of sp³-hybridized carbons (Fsp3) is 0.132. The fourth-order valence-electron chi connectivity index (χ4n) is 13.0. The van der Waals surface area contributed by atoms with Crippen molar-refractivity contribution in [2.45, 2.75) is 74.5 Å². The molecule has 0 N–H and O–H groups in total. The summed E-state index contributed by atoms with van der Waals surface area (Å²) < 4.78 is 15.0. The minimum absolute atomic E-state index is 0.0543. The Kier molecular flexibility index (Phi) is 11.9. The molecule has 0 amide bonds. The number of ether oxygens (including phenoxy) is 1. The van der Waals surface area contributed by atoms with Crippen LogP contribution < -0.4 is 4.74 Å². The van der Waals surface area contributed by atoms with Gasteiger partial charge in [0.15, 0.2) is 0 Å². The summed E-state index contributed by atoms with van der Waals surface area (Å²) in [6.07, 6.45) is 1.91. The van der Waals surface area contributed by atoms with Crippen molar-refractivity contribution in [1.82, 2.24) is 18.7 Å². The zero-order chi connectivity index (χ0) is 56.5. The summed E-state index contributed by atoms with van der Waals surface area (Å²) >= 11 is 4.39. The molecule has 83 heavy (non-hydrogen) atoms. The van der Waals surface area contributed by atoms with Crippen LogP contribution in [0, 0.1) is 22.9 Å². The fourth-order valence-corrected chi connectivity index (χ4v) is 15.3. The van der Waals surface area contributed by atoms with Crippen molar-refractivity contribution < 1.29 is 24.1 Å². The van der Waals surface area contributed by atoms with Crippen LogP contribution in [0.5, 0.6) is 11.5 Å². The minimum atomic E-state index is -0.525. The van der Waals surface area contributed by atoms with Gasteiger partial charge in [-0.25, -0.2) is 0 Å². The van der Waals surface area contributed by atoms with Gasteiger partial charge in [0.2, 0.25) is 0 Å². The maximum absolute atomic E-state index is 6.96. The van der Waals surface area contributed by atoms with E-state index < -0.39 is 5.41 Å². The quantitative estimate of drug-likeness (QED) is 0.149. The van der Waals surface area contributed by atoms with Crippen LogP contribution in [0.1, 0.15) is 80.5 Å². The van der Waals surface area contributed by atoms with E-state index in [1.165, 1.54) is 59.9 Å². The normalized spacial score (nSPS) is 13.4. The van der Waals surface area contributed by atoms with E-state index in [1.807, 2.05) is 24.0 Å². The molecule has 2 aliphatic rings. The zero-order valence-corrected chi connectivity index (χ0v) is 50.4. The van der Waals surface area contributed by atoms with Gasteiger partial charge in [-0.05, 0) is 64.1 Å². The summed E-state index contributed by atoms with van der Waals surface area (Å²) in [6, 6.07) is 87.6. The van der Waals surface area contributed by atoms with E-state index in [-0.39, 0.29) is 10.8 Å².